The van der Waals surface area contributed by atoms with E-state index in [-0.39, 0.29) is 16.7 Å². The van der Waals surface area contributed by atoms with Gasteiger partial charge in [0.2, 0.25) is 0 Å². The molecule has 0 bridgehead atoms. The molecule has 28 heavy (non-hydrogen) atoms. The molecule has 1 aliphatic rings. The molecule has 8 nitrogen and oxygen atoms in total. The van der Waals surface area contributed by atoms with Crippen molar-refractivity contribution in [3.63, 3.8) is 0 Å². The van der Waals surface area contributed by atoms with Gasteiger partial charge in [-0.2, -0.15) is 0 Å². The number of pyridine rings is 1. The Balaban J connectivity index is 1.83. The standard InChI is InChI=1S/C19H32N4O4S/c1-18(2,3)27-17(24)23-13-14(12-19(23,4)5)7-6-9-21-15-8-10-22-16(11-15)28(20,25)26/h8,10-11,14H,6-7,9,12-13H2,1-5H3,(H,21,22)(H2,20,25,26). The molecule has 3 N–H and O–H groups in total. The van der Waals surface area contributed by atoms with E-state index >= 15 is 0 Å². The molecule has 1 aromatic rings. The number of carbonyl (C=O) groups is 1. The number of nitrogens with zero attached hydrogens (tertiary/aromatic N) is 2. The van der Waals surface area contributed by atoms with Crippen molar-refractivity contribution < 1.29 is 17.9 Å². The van der Waals surface area contributed by atoms with Crippen molar-refractivity contribution in [1.29, 1.82) is 0 Å². The fourth-order valence-electron chi connectivity index (χ4n) is 3.52. The number of carbonyl (C=O) groups excluding carboxylic acids is 1. The maximum Gasteiger partial charge on any atom is 0.410 e. The predicted octanol–water partition coefficient (Wildman–Crippen LogP) is 2.96. The highest BCUT2D eigenvalue weighted by atomic mass is 32.2. The van der Waals surface area contributed by atoms with E-state index in [1.54, 1.807) is 6.07 Å². The Morgan fingerprint density at radius 2 is 2.11 bits per heavy atom. The third-order valence-corrected chi connectivity index (χ3v) is 5.52. The second-order valence-corrected chi connectivity index (χ2v) is 10.5. The van der Waals surface area contributed by atoms with Crippen LogP contribution < -0.4 is 10.5 Å². The van der Waals surface area contributed by atoms with E-state index in [1.807, 2.05) is 25.7 Å². The van der Waals surface area contributed by atoms with Gasteiger partial charge in [0.05, 0.1) is 0 Å². The molecule has 9 heteroatoms. The first-order valence-corrected chi connectivity index (χ1v) is 11.1. The monoisotopic (exact) mass is 412 g/mol. The number of sulfonamides is 1. The first-order valence-electron chi connectivity index (χ1n) is 9.51. The Bertz CT molecular complexity index is 802. The zero-order valence-corrected chi connectivity index (χ0v) is 18.2. The Kier molecular flexibility index (Phi) is 6.60. The van der Waals surface area contributed by atoms with Gasteiger partial charge in [0.15, 0.2) is 5.03 Å². The topological polar surface area (TPSA) is 115 Å². The van der Waals surface area contributed by atoms with E-state index in [0.717, 1.165) is 19.3 Å². The van der Waals surface area contributed by atoms with Crippen molar-refractivity contribution in [1.82, 2.24) is 9.88 Å². The van der Waals surface area contributed by atoms with Crippen LogP contribution in [0, 0.1) is 5.92 Å². The number of rotatable bonds is 6. The Morgan fingerprint density at radius 3 is 2.71 bits per heavy atom. The van der Waals surface area contributed by atoms with Crippen molar-refractivity contribution in [2.24, 2.45) is 11.1 Å². The lowest BCUT2D eigenvalue weighted by Crippen LogP contribution is -2.45. The minimum absolute atomic E-state index is 0.150. The highest BCUT2D eigenvalue weighted by Crippen LogP contribution is 2.36. The van der Waals surface area contributed by atoms with E-state index in [2.05, 4.69) is 24.1 Å². The second-order valence-electron chi connectivity index (χ2n) is 8.97. The van der Waals surface area contributed by atoms with E-state index in [4.69, 9.17) is 9.88 Å². The van der Waals surface area contributed by atoms with Gasteiger partial charge in [-0.3, -0.25) is 0 Å². The number of amides is 1. The summed E-state index contributed by atoms with van der Waals surface area (Å²) in [5.41, 5.74) is -0.0629. The Labute approximate surface area is 167 Å². The molecule has 1 fully saturated rings. The molecular weight excluding hydrogens is 380 g/mol. The van der Waals surface area contributed by atoms with Gasteiger partial charge in [0, 0.05) is 36.6 Å². The highest BCUT2D eigenvalue weighted by molar-refractivity contribution is 7.89. The van der Waals surface area contributed by atoms with Crippen molar-refractivity contribution in [2.75, 3.05) is 18.4 Å². The van der Waals surface area contributed by atoms with E-state index in [1.165, 1.54) is 12.3 Å². The van der Waals surface area contributed by atoms with Gasteiger partial charge in [-0.25, -0.2) is 23.3 Å². The van der Waals surface area contributed by atoms with Gasteiger partial charge in [-0.05, 0) is 65.9 Å². The second kappa shape index (κ2) is 8.24. The number of hydrogen-bond acceptors (Lipinski definition) is 6. The van der Waals surface area contributed by atoms with E-state index in [9.17, 15) is 13.2 Å². The van der Waals surface area contributed by atoms with Crippen LogP contribution in [-0.4, -0.2) is 48.6 Å². The fourth-order valence-corrected chi connectivity index (χ4v) is 4.02. The zero-order chi connectivity index (χ0) is 21.2. The highest BCUT2D eigenvalue weighted by Gasteiger charge is 2.42. The van der Waals surface area contributed by atoms with Crippen molar-refractivity contribution in [3.8, 4) is 0 Å². The van der Waals surface area contributed by atoms with Crippen LogP contribution in [0.3, 0.4) is 0 Å². The summed E-state index contributed by atoms with van der Waals surface area (Å²) >= 11 is 0. The van der Waals surface area contributed by atoms with E-state index in [0.29, 0.717) is 24.7 Å². The quantitative estimate of drug-likeness (QED) is 0.694. The maximum atomic E-state index is 12.5. The summed E-state index contributed by atoms with van der Waals surface area (Å²) in [5, 5.41) is 8.16. The van der Waals surface area contributed by atoms with Gasteiger partial charge >= 0.3 is 6.09 Å². The van der Waals surface area contributed by atoms with Crippen LogP contribution in [0.4, 0.5) is 10.5 Å². The molecule has 1 atom stereocenters. The maximum absolute atomic E-state index is 12.5. The number of likely N-dealkylation sites (tertiary alicyclic amines) is 1. The van der Waals surface area contributed by atoms with Crippen LogP contribution in [0.5, 0.6) is 0 Å². The molecule has 0 aromatic carbocycles. The van der Waals surface area contributed by atoms with Crippen LogP contribution in [0.25, 0.3) is 0 Å². The molecule has 0 saturated carbocycles. The largest absolute Gasteiger partial charge is 0.444 e. The first-order chi connectivity index (χ1) is 12.8. The lowest BCUT2D eigenvalue weighted by atomic mass is 9.93. The first kappa shape index (κ1) is 22.4. The zero-order valence-electron chi connectivity index (χ0n) is 17.4. The summed E-state index contributed by atoms with van der Waals surface area (Å²) in [4.78, 5) is 18.1. The normalized spacial score (nSPS) is 19.5. The van der Waals surface area contributed by atoms with Crippen molar-refractivity contribution in [2.45, 2.75) is 70.0 Å². The lowest BCUT2D eigenvalue weighted by Gasteiger charge is -2.33. The van der Waals surface area contributed by atoms with Gasteiger partial charge in [0.25, 0.3) is 10.0 Å². The SMILES string of the molecule is CC(C)(C)OC(=O)N1CC(CCCNc2ccnc(S(N)(=O)=O)c2)CC1(C)C. The average molecular weight is 413 g/mol. The summed E-state index contributed by atoms with van der Waals surface area (Å²) in [7, 11) is -3.81. The number of ether oxygens (including phenoxy) is 1. The van der Waals surface area contributed by atoms with Crippen LogP contribution in [0.15, 0.2) is 23.4 Å². The number of anilines is 1. The Hall–Kier alpha value is -1.87. The summed E-state index contributed by atoms with van der Waals surface area (Å²) < 4.78 is 28.3. The molecular formula is C19H32N4O4S. The average Bonchev–Trinajstić information content (AvgIpc) is 2.84. The fraction of sp³-hybridized carbons (Fsp3) is 0.684. The molecule has 1 amide bonds. The van der Waals surface area contributed by atoms with Gasteiger partial charge < -0.3 is 15.0 Å². The van der Waals surface area contributed by atoms with Gasteiger partial charge in [-0.15, -0.1) is 0 Å². The number of hydrogen-bond donors (Lipinski definition) is 2. The molecule has 0 radical (unpaired) electrons. The molecule has 1 saturated heterocycles. The molecule has 158 valence electrons. The minimum Gasteiger partial charge on any atom is -0.444 e. The van der Waals surface area contributed by atoms with Gasteiger partial charge in [-0.1, -0.05) is 0 Å². The molecule has 0 spiro atoms. The molecule has 1 unspecified atom stereocenters. The van der Waals surface area contributed by atoms with Crippen LogP contribution >= 0.6 is 0 Å². The third-order valence-electron chi connectivity index (χ3n) is 4.72. The van der Waals surface area contributed by atoms with Crippen molar-refractivity contribution >= 4 is 21.8 Å². The summed E-state index contributed by atoms with van der Waals surface area (Å²) in [6.45, 7) is 11.1. The Morgan fingerprint density at radius 1 is 1.43 bits per heavy atom. The number of primary sulfonamides is 1. The number of aromatic nitrogens is 1. The minimum atomic E-state index is -3.81. The lowest BCUT2D eigenvalue weighted by molar-refractivity contribution is 0.0131. The van der Waals surface area contributed by atoms with E-state index < -0.39 is 15.6 Å². The third kappa shape index (κ3) is 6.34. The van der Waals surface area contributed by atoms with Gasteiger partial charge in [0.1, 0.15) is 5.60 Å². The molecule has 1 aliphatic heterocycles. The summed E-state index contributed by atoms with van der Waals surface area (Å²) in [6.07, 6.45) is 3.95. The van der Waals surface area contributed by atoms with Crippen molar-refractivity contribution in [3.05, 3.63) is 18.3 Å². The van der Waals surface area contributed by atoms with Crippen LogP contribution in [0.1, 0.15) is 53.9 Å². The molecule has 0 aliphatic carbocycles. The molecule has 2 rings (SSSR count). The smallest absolute Gasteiger partial charge is 0.410 e. The number of nitrogens with one attached hydrogen (secondary N) is 1. The molecule has 1 aromatic heterocycles. The van der Waals surface area contributed by atoms with Crippen LogP contribution in [0.2, 0.25) is 0 Å². The molecule has 2 heterocycles. The predicted molar refractivity (Wildman–Crippen MR) is 108 cm³/mol. The summed E-state index contributed by atoms with van der Waals surface area (Å²) in [6, 6.07) is 3.13. The van der Waals surface area contributed by atoms with Crippen LogP contribution in [-0.2, 0) is 14.8 Å². The summed E-state index contributed by atoms with van der Waals surface area (Å²) in [5.74, 6) is 0.404. The number of nitrogens with two attached hydrogens (primary N) is 1.